The van der Waals surface area contributed by atoms with Crippen LogP contribution < -0.4 is 16.4 Å². The van der Waals surface area contributed by atoms with Gasteiger partial charge in [0.15, 0.2) is 12.1 Å². The van der Waals surface area contributed by atoms with Crippen LogP contribution in [0, 0.1) is 0 Å². The monoisotopic (exact) mass is 429 g/mol. The van der Waals surface area contributed by atoms with Gasteiger partial charge in [-0.15, -0.1) is 0 Å². The highest BCUT2D eigenvalue weighted by Gasteiger charge is 2.31. The van der Waals surface area contributed by atoms with Crippen molar-refractivity contribution >= 4 is 35.5 Å². The van der Waals surface area contributed by atoms with Crippen LogP contribution in [0.3, 0.4) is 0 Å². The van der Waals surface area contributed by atoms with Crippen LogP contribution >= 0.6 is 0 Å². The number of allylic oxidation sites excluding steroid dienone is 1. The summed E-state index contributed by atoms with van der Waals surface area (Å²) in [7, 11) is 4.98. The Balaban J connectivity index is 2.21. The zero-order valence-corrected chi connectivity index (χ0v) is 17.8. The second-order valence-corrected chi connectivity index (χ2v) is 7.54. The van der Waals surface area contributed by atoms with Gasteiger partial charge in [0, 0.05) is 37.3 Å². The minimum absolute atomic E-state index is 0.0516. The lowest BCUT2D eigenvalue weighted by Crippen LogP contribution is -2.52. The Hall–Kier alpha value is -3.37. The maximum Gasteiger partial charge on any atom is 0.249 e. The van der Waals surface area contributed by atoms with Crippen molar-refractivity contribution in [2.45, 2.75) is 25.4 Å². The number of hydrogen-bond donors (Lipinski definition) is 3. The van der Waals surface area contributed by atoms with E-state index in [9.17, 15) is 24.0 Å². The Labute approximate surface area is 180 Å². The molecule has 1 aromatic rings. The number of benzene rings is 1. The Bertz CT molecular complexity index is 925. The lowest BCUT2D eigenvalue weighted by molar-refractivity contribution is -0.142. The van der Waals surface area contributed by atoms with Gasteiger partial charge in [0.05, 0.1) is 12.2 Å². The molecule has 1 saturated heterocycles. The fraction of sp³-hybridized carbons (Fsp3) is 0.381. The third-order valence-electron chi connectivity index (χ3n) is 4.73. The Morgan fingerprint density at radius 2 is 1.94 bits per heavy atom. The van der Waals surface area contributed by atoms with Crippen molar-refractivity contribution in [1.82, 2.24) is 15.1 Å². The minimum Gasteiger partial charge on any atom is -0.353 e. The number of aldehydes is 1. The predicted octanol–water partition coefficient (Wildman–Crippen LogP) is -0.352. The average molecular weight is 429 g/mol. The van der Waals surface area contributed by atoms with Crippen LogP contribution in [0.2, 0.25) is 0 Å². The van der Waals surface area contributed by atoms with Gasteiger partial charge in [-0.25, -0.2) is 0 Å². The molecule has 1 aliphatic heterocycles. The van der Waals surface area contributed by atoms with Crippen molar-refractivity contribution in [2.75, 3.05) is 33.0 Å². The van der Waals surface area contributed by atoms with Gasteiger partial charge in [-0.3, -0.25) is 29.3 Å². The van der Waals surface area contributed by atoms with Crippen LogP contribution in [-0.4, -0.2) is 73.3 Å². The van der Waals surface area contributed by atoms with Crippen LogP contribution in [0.15, 0.2) is 30.0 Å². The Morgan fingerprint density at radius 1 is 1.23 bits per heavy atom. The second kappa shape index (κ2) is 10.6. The van der Waals surface area contributed by atoms with E-state index >= 15 is 0 Å². The summed E-state index contributed by atoms with van der Waals surface area (Å²) in [6, 6.07) is 4.14. The normalized spacial score (nSPS) is 16.7. The van der Waals surface area contributed by atoms with Crippen molar-refractivity contribution in [3.8, 4) is 0 Å². The maximum atomic E-state index is 12.6. The molecule has 1 fully saturated rings. The van der Waals surface area contributed by atoms with E-state index in [1.807, 2.05) is 0 Å². The zero-order chi connectivity index (χ0) is 23.1. The molecule has 3 amide bonds. The first kappa shape index (κ1) is 23.9. The molecule has 1 aliphatic rings. The highest BCUT2D eigenvalue weighted by atomic mass is 16.2. The smallest absolute Gasteiger partial charge is 0.249 e. The van der Waals surface area contributed by atoms with Gasteiger partial charge in [-0.05, 0) is 44.3 Å². The number of anilines is 1. The third-order valence-corrected chi connectivity index (χ3v) is 4.73. The summed E-state index contributed by atoms with van der Waals surface area (Å²) < 4.78 is 0. The van der Waals surface area contributed by atoms with E-state index in [0.29, 0.717) is 23.1 Å². The number of rotatable bonds is 9. The number of imide groups is 1. The van der Waals surface area contributed by atoms with Crippen molar-refractivity contribution in [3.63, 3.8) is 0 Å². The van der Waals surface area contributed by atoms with Gasteiger partial charge >= 0.3 is 0 Å². The van der Waals surface area contributed by atoms with Gasteiger partial charge in [0.1, 0.15) is 6.04 Å². The molecule has 0 aliphatic carbocycles. The lowest BCUT2D eigenvalue weighted by Gasteiger charge is -2.29. The quantitative estimate of drug-likeness (QED) is 0.209. The third kappa shape index (κ3) is 6.56. The van der Waals surface area contributed by atoms with Crippen LogP contribution in [0.25, 0.3) is 0 Å². The van der Waals surface area contributed by atoms with E-state index in [0.717, 1.165) is 6.08 Å². The summed E-state index contributed by atoms with van der Waals surface area (Å²) in [4.78, 5) is 62.7. The van der Waals surface area contributed by atoms with Crippen molar-refractivity contribution in [1.29, 1.82) is 0 Å². The van der Waals surface area contributed by atoms with E-state index in [1.165, 1.54) is 11.9 Å². The minimum atomic E-state index is -0.801. The van der Waals surface area contributed by atoms with Crippen LogP contribution in [0.1, 0.15) is 28.8 Å². The number of piperidine rings is 1. The number of ketones is 1. The van der Waals surface area contributed by atoms with Gasteiger partial charge in [-0.1, -0.05) is 0 Å². The van der Waals surface area contributed by atoms with E-state index in [4.69, 9.17) is 5.73 Å². The summed E-state index contributed by atoms with van der Waals surface area (Å²) in [5, 5.41) is 5.02. The lowest BCUT2D eigenvalue weighted by atomic mass is 10.0. The number of likely N-dealkylation sites (N-methyl/N-ethyl adjacent to an activating group) is 2. The molecular formula is C21H27N5O5. The fourth-order valence-electron chi connectivity index (χ4n) is 3.13. The first-order valence-electron chi connectivity index (χ1n) is 9.71. The molecule has 31 heavy (non-hydrogen) atoms. The van der Waals surface area contributed by atoms with Crippen LogP contribution in [0.4, 0.5) is 5.69 Å². The molecule has 1 heterocycles. The van der Waals surface area contributed by atoms with E-state index in [2.05, 4.69) is 10.6 Å². The number of carbonyl (C=O) groups is 5. The number of hydrogen-bond acceptors (Lipinski definition) is 8. The standard InChI is InChI=1S/C21H27N5O5/c1-25(2)11-18(28)14-6-13(10-22)7-15(8-14)23-16(12-27)9-20(30)26(3)17-4-5-19(29)24-21(17)31/h6-9,12,17,23H,4-5,10-11,22H2,1-3H3,(H,24,29,31)/b16-9+. The largest absolute Gasteiger partial charge is 0.353 e. The number of nitrogens with two attached hydrogens (primary N) is 1. The SMILES string of the molecule is CN(C)CC(=O)c1cc(CN)cc(N/C(C=O)=C/C(=O)N(C)C2CCC(=O)NC2=O)c1. The summed E-state index contributed by atoms with van der Waals surface area (Å²) >= 11 is 0. The summed E-state index contributed by atoms with van der Waals surface area (Å²) in [5.74, 6) is -1.63. The molecule has 0 spiro atoms. The Kier molecular flexibility index (Phi) is 8.17. The van der Waals surface area contributed by atoms with Crippen LogP contribution in [-0.2, 0) is 25.7 Å². The molecule has 2 rings (SSSR count). The van der Waals surface area contributed by atoms with E-state index < -0.39 is 17.9 Å². The first-order valence-corrected chi connectivity index (χ1v) is 9.71. The second-order valence-electron chi connectivity index (χ2n) is 7.54. The summed E-state index contributed by atoms with van der Waals surface area (Å²) in [6.07, 6.45) is 1.87. The van der Waals surface area contributed by atoms with Crippen molar-refractivity contribution in [2.24, 2.45) is 5.73 Å². The summed E-state index contributed by atoms with van der Waals surface area (Å²) in [5.41, 5.74) is 7.21. The van der Waals surface area contributed by atoms with Crippen molar-refractivity contribution < 1.29 is 24.0 Å². The summed E-state index contributed by atoms with van der Waals surface area (Å²) in [6.45, 7) is 0.397. The maximum absolute atomic E-state index is 12.6. The van der Waals surface area contributed by atoms with E-state index in [1.54, 1.807) is 37.2 Å². The van der Waals surface area contributed by atoms with Gasteiger partial charge in [0.2, 0.25) is 17.7 Å². The highest BCUT2D eigenvalue weighted by molar-refractivity contribution is 6.03. The average Bonchev–Trinajstić information content (AvgIpc) is 2.71. The van der Waals surface area contributed by atoms with E-state index in [-0.39, 0.29) is 43.3 Å². The molecular weight excluding hydrogens is 402 g/mol. The van der Waals surface area contributed by atoms with Gasteiger partial charge in [-0.2, -0.15) is 0 Å². The molecule has 0 aromatic heterocycles. The first-order chi connectivity index (χ1) is 14.6. The molecule has 1 aromatic carbocycles. The molecule has 1 atom stereocenters. The number of amides is 3. The van der Waals surface area contributed by atoms with Crippen LogP contribution in [0.5, 0.6) is 0 Å². The number of nitrogens with one attached hydrogen (secondary N) is 2. The van der Waals surface area contributed by atoms with Gasteiger partial charge < -0.3 is 20.9 Å². The molecule has 0 bridgehead atoms. The predicted molar refractivity (Wildman–Crippen MR) is 114 cm³/mol. The molecule has 166 valence electrons. The Morgan fingerprint density at radius 3 is 2.52 bits per heavy atom. The molecule has 4 N–H and O–H groups in total. The number of carbonyl (C=O) groups excluding carboxylic acids is 5. The highest BCUT2D eigenvalue weighted by Crippen LogP contribution is 2.18. The molecule has 1 unspecified atom stereocenters. The number of nitrogens with zero attached hydrogens (tertiary/aromatic N) is 2. The molecule has 0 saturated carbocycles. The fourth-order valence-corrected chi connectivity index (χ4v) is 3.13. The molecule has 0 radical (unpaired) electrons. The van der Waals surface area contributed by atoms with Crippen molar-refractivity contribution in [3.05, 3.63) is 41.1 Å². The molecule has 10 heteroatoms. The number of Topliss-reactive ketones (excluding diaryl/α,β-unsaturated/α-hetero) is 1. The topological polar surface area (TPSA) is 142 Å². The van der Waals surface area contributed by atoms with Gasteiger partial charge in [0.25, 0.3) is 0 Å². The zero-order valence-electron chi connectivity index (χ0n) is 17.8. The molecule has 10 nitrogen and oxygen atoms in total.